The number of Topliss-reactive ketones (excluding diaryl/α,β-unsaturated/α-hetero) is 1. The third-order valence-corrected chi connectivity index (χ3v) is 11.3. The molecule has 1 spiro atoms. The minimum atomic E-state index is -1.92. The summed E-state index contributed by atoms with van der Waals surface area (Å²) in [5, 5.41) is 17.5. The topological polar surface area (TPSA) is 117 Å². The molecule has 1 aliphatic heterocycles. The van der Waals surface area contributed by atoms with Gasteiger partial charge in [-0.05, 0) is 80.6 Å². The van der Waals surface area contributed by atoms with Crippen molar-refractivity contribution in [3.05, 3.63) is 58.9 Å². The zero-order chi connectivity index (χ0) is 31.6. The number of benzene rings is 1. The zero-order valence-electron chi connectivity index (χ0n) is 26.6. The molecule has 9 heteroatoms. The standard InChI is InChI=1S/C35H41NO8/c1-17-15-34-18(2)13-23-26(32(23,4)5)22(28(34)37)14-20-16-41-33(6,7)43-30(20)35(34,39)29(17)42-31(38)25-19(3)44-36-27(25)21-11-9-10-12-24(21)40-8/h9-12,14-15,18,22-23,26,29-30,39H,13,16H2,1-8H3/t18?,22-,23+,26-,29-,30+,34?,35+/m0/s1. The van der Waals surface area contributed by atoms with E-state index in [1.54, 1.807) is 40.0 Å². The first-order valence-electron chi connectivity index (χ1n) is 15.5. The van der Waals surface area contributed by atoms with Crippen molar-refractivity contribution < 1.29 is 38.2 Å². The van der Waals surface area contributed by atoms with Crippen LogP contribution in [0.5, 0.6) is 5.75 Å². The van der Waals surface area contributed by atoms with E-state index in [1.807, 2.05) is 38.1 Å². The zero-order valence-corrected chi connectivity index (χ0v) is 26.6. The largest absolute Gasteiger partial charge is 0.496 e. The Kier molecular flexibility index (Phi) is 6.27. The molecule has 2 saturated carbocycles. The molecule has 3 fully saturated rings. The lowest BCUT2D eigenvalue weighted by atomic mass is 9.59. The van der Waals surface area contributed by atoms with Gasteiger partial charge in [-0.2, -0.15) is 0 Å². The lowest BCUT2D eigenvalue weighted by Crippen LogP contribution is -2.68. The van der Waals surface area contributed by atoms with E-state index in [2.05, 4.69) is 19.0 Å². The highest BCUT2D eigenvalue weighted by molar-refractivity contribution is 5.99. The van der Waals surface area contributed by atoms with Crippen LogP contribution in [0.4, 0.5) is 0 Å². The summed E-state index contributed by atoms with van der Waals surface area (Å²) in [4.78, 5) is 29.1. The molecule has 234 valence electrons. The van der Waals surface area contributed by atoms with Crippen molar-refractivity contribution in [3.63, 3.8) is 0 Å². The van der Waals surface area contributed by atoms with Crippen LogP contribution < -0.4 is 4.74 Å². The van der Waals surface area contributed by atoms with Crippen LogP contribution in [0, 0.1) is 41.4 Å². The number of esters is 1. The average Bonchev–Trinajstić information content (AvgIpc) is 3.23. The highest BCUT2D eigenvalue weighted by atomic mass is 16.7. The minimum absolute atomic E-state index is 0.00476. The quantitative estimate of drug-likeness (QED) is 0.360. The predicted molar refractivity (Wildman–Crippen MR) is 160 cm³/mol. The van der Waals surface area contributed by atoms with E-state index in [4.69, 9.17) is 23.5 Å². The number of hydrogen-bond acceptors (Lipinski definition) is 9. The molecule has 7 rings (SSSR count). The molecule has 4 aliphatic carbocycles. The number of hydrogen-bond donors (Lipinski definition) is 1. The number of nitrogens with zero attached hydrogens (tertiary/aromatic N) is 1. The molecule has 0 amide bonds. The molecule has 2 unspecified atom stereocenters. The van der Waals surface area contributed by atoms with E-state index in [0.717, 1.165) is 6.42 Å². The van der Waals surface area contributed by atoms with Crippen LogP contribution in [-0.4, -0.2) is 59.3 Å². The van der Waals surface area contributed by atoms with Crippen LogP contribution in [-0.2, 0) is 19.0 Å². The maximum Gasteiger partial charge on any atom is 0.344 e. The number of carbonyl (C=O) groups is 2. The van der Waals surface area contributed by atoms with Gasteiger partial charge in [0.2, 0.25) is 0 Å². The number of rotatable bonds is 4. The average molecular weight is 604 g/mol. The molecule has 5 aliphatic rings. The lowest BCUT2D eigenvalue weighted by molar-refractivity contribution is -0.302. The summed E-state index contributed by atoms with van der Waals surface area (Å²) in [7, 11) is 1.54. The fraction of sp³-hybridized carbons (Fsp3) is 0.571. The Morgan fingerprint density at radius 3 is 2.59 bits per heavy atom. The molecule has 2 heterocycles. The maximum atomic E-state index is 14.9. The number of methoxy groups -OCH3 is 1. The summed E-state index contributed by atoms with van der Waals surface area (Å²) in [6, 6.07) is 7.20. The van der Waals surface area contributed by atoms with Crippen LogP contribution in [0.2, 0.25) is 0 Å². The molecule has 8 atom stereocenters. The van der Waals surface area contributed by atoms with E-state index in [9.17, 15) is 14.7 Å². The van der Waals surface area contributed by atoms with Crippen molar-refractivity contribution in [1.29, 1.82) is 0 Å². The van der Waals surface area contributed by atoms with Gasteiger partial charge in [-0.15, -0.1) is 0 Å². The number of aliphatic hydroxyl groups is 1. The SMILES string of the molecule is COc1ccccc1-c1noc(C)c1C(=O)O[C@H]1C(C)=CC23C(=O)[C@@H](C=C4COC(C)(C)O[C@H]4[C@]12O)[C@H]1[C@@H](CC3C)C1(C)C. The van der Waals surface area contributed by atoms with Gasteiger partial charge in [0.1, 0.15) is 28.9 Å². The molecular weight excluding hydrogens is 562 g/mol. The maximum absolute atomic E-state index is 14.9. The van der Waals surface area contributed by atoms with Gasteiger partial charge in [0.15, 0.2) is 23.3 Å². The number of aryl methyl sites for hydroxylation is 1. The molecule has 2 bridgehead atoms. The lowest BCUT2D eigenvalue weighted by Gasteiger charge is -2.52. The summed E-state index contributed by atoms with van der Waals surface area (Å²) < 4.78 is 30.0. The Morgan fingerprint density at radius 2 is 1.86 bits per heavy atom. The molecule has 9 nitrogen and oxygen atoms in total. The molecule has 2 aromatic rings. The van der Waals surface area contributed by atoms with Gasteiger partial charge >= 0.3 is 5.97 Å². The van der Waals surface area contributed by atoms with Crippen LogP contribution >= 0.6 is 0 Å². The molecule has 1 saturated heterocycles. The van der Waals surface area contributed by atoms with E-state index < -0.39 is 40.9 Å². The Bertz CT molecular complexity index is 1630. The van der Waals surface area contributed by atoms with Crippen molar-refractivity contribution in [1.82, 2.24) is 5.16 Å². The number of fused-ring (bicyclic) bond motifs is 5. The minimum Gasteiger partial charge on any atom is -0.496 e. The molecular formula is C35H41NO8. The first-order valence-corrected chi connectivity index (χ1v) is 15.5. The van der Waals surface area contributed by atoms with Gasteiger partial charge in [-0.25, -0.2) is 4.79 Å². The summed E-state index contributed by atoms with van der Waals surface area (Å²) in [5.74, 6) is -1.16. The second kappa shape index (κ2) is 9.37. The van der Waals surface area contributed by atoms with Gasteiger partial charge < -0.3 is 28.6 Å². The second-order valence-corrected chi connectivity index (χ2v) is 14.4. The van der Waals surface area contributed by atoms with Crippen LogP contribution in [0.3, 0.4) is 0 Å². The molecule has 1 aromatic heterocycles. The van der Waals surface area contributed by atoms with Crippen molar-refractivity contribution in [2.24, 2.45) is 34.5 Å². The third kappa shape index (κ3) is 3.72. The summed E-state index contributed by atoms with van der Waals surface area (Å²) >= 11 is 0. The highest BCUT2D eigenvalue weighted by Crippen LogP contribution is 2.72. The Balaban J connectivity index is 1.36. The van der Waals surface area contributed by atoms with E-state index in [0.29, 0.717) is 28.4 Å². The fourth-order valence-electron chi connectivity index (χ4n) is 9.10. The number of carbonyl (C=O) groups excluding carboxylic acids is 2. The summed E-state index contributed by atoms with van der Waals surface area (Å²) in [6.45, 7) is 13.8. The van der Waals surface area contributed by atoms with Crippen LogP contribution in [0.25, 0.3) is 11.3 Å². The molecule has 1 aromatic carbocycles. The van der Waals surface area contributed by atoms with Crippen LogP contribution in [0.1, 0.15) is 64.1 Å². The highest BCUT2D eigenvalue weighted by Gasteiger charge is 2.77. The third-order valence-electron chi connectivity index (χ3n) is 11.3. The Hall–Kier alpha value is -3.27. The van der Waals surface area contributed by atoms with Gasteiger partial charge in [0, 0.05) is 11.5 Å². The monoisotopic (exact) mass is 603 g/mol. The number of ketones is 1. The van der Waals surface area contributed by atoms with Crippen molar-refractivity contribution >= 4 is 11.8 Å². The number of allylic oxidation sites excluding steroid dienone is 1. The van der Waals surface area contributed by atoms with Crippen molar-refractivity contribution in [2.75, 3.05) is 13.7 Å². The van der Waals surface area contributed by atoms with Gasteiger partial charge in [0.25, 0.3) is 0 Å². The van der Waals surface area contributed by atoms with Crippen molar-refractivity contribution in [2.45, 2.75) is 78.5 Å². The molecule has 44 heavy (non-hydrogen) atoms. The normalized spacial score (nSPS) is 37.8. The van der Waals surface area contributed by atoms with Crippen molar-refractivity contribution in [3.8, 4) is 17.0 Å². The van der Waals surface area contributed by atoms with Gasteiger partial charge in [-0.3, -0.25) is 4.79 Å². The predicted octanol–water partition coefficient (Wildman–Crippen LogP) is 5.45. The first-order chi connectivity index (χ1) is 20.7. The first kappa shape index (κ1) is 29.4. The number of ether oxygens (including phenoxy) is 4. The fourth-order valence-corrected chi connectivity index (χ4v) is 9.10. The summed E-state index contributed by atoms with van der Waals surface area (Å²) in [6.07, 6.45) is 2.53. The summed E-state index contributed by atoms with van der Waals surface area (Å²) in [5.41, 5.74) is -0.949. The molecule has 0 radical (unpaired) electrons. The van der Waals surface area contributed by atoms with E-state index in [-0.39, 0.29) is 46.7 Å². The number of para-hydroxylation sites is 1. The van der Waals surface area contributed by atoms with E-state index in [1.165, 1.54) is 0 Å². The smallest absolute Gasteiger partial charge is 0.344 e. The molecule has 1 N–H and O–H groups in total. The van der Waals surface area contributed by atoms with Gasteiger partial charge in [0.05, 0.1) is 19.1 Å². The van der Waals surface area contributed by atoms with E-state index >= 15 is 0 Å². The van der Waals surface area contributed by atoms with Crippen LogP contribution in [0.15, 0.2) is 52.1 Å². The van der Waals surface area contributed by atoms with Gasteiger partial charge in [-0.1, -0.05) is 50.2 Å². The Labute approximate surface area is 257 Å². The Morgan fingerprint density at radius 1 is 1.14 bits per heavy atom. The number of aromatic nitrogens is 1. The second-order valence-electron chi connectivity index (χ2n) is 14.4.